The highest BCUT2D eigenvalue weighted by atomic mass is 32.2. The second-order valence-corrected chi connectivity index (χ2v) is 8.97. The van der Waals surface area contributed by atoms with Gasteiger partial charge in [-0.2, -0.15) is 0 Å². The first kappa shape index (κ1) is 19.1. The molecule has 1 amide bonds. The van der Waals surface area contributed by atoms with Crippen molar-refractivity contribution in [2.75, 3.05) is 6.54 Å². The zero-order chi connectivity index (χ0) is 20.7. The fourth-order valence-corrected chi connectivity index (χ4v) is 5.42. The van der Waals surface area contributed by atoms with Crippen LogP contribution in [0.25, 0.3) is 27.8 Å². The zero-order valence-electron chi connectivity index (χ0n) is 16.5. The van der Waals surface area contributed by atoms with E-state index in [-0.39, 0.29) is 5.91 Å². The van der Waals surface area contributed by atoms with Gasteiger partial charge in [0.25, 0.3) is 5.91 Å². The molecule has 0 saturated carbocycles. The molecule has 148 valence electrons. The van der Waals surface area contributed by atoms with Crippen LogP contribution in [0.3, 0.4) is 0 Å². The van der Waals surface area contributed by atoms with E-state index in [0.29, 0.717) is 15.8 Å². The van der Waals surface area contributed by atoms with Gasteiger partial charge in [-0.1, -0.05) is 84.6 Å². The van der Waals surface area contributed by atoms with Crippen molar-refractivity contribution in [1.82, 2.24) is 9.47 Å². The second kappa shape index (κ2) is 7.74. The van der Waals surface area contributed by atoms with Crippen LogP contribution in [0.15, 0.2) is 77.8 Å². The summed E-state index contributed by atoms with van der Waals surface area (Å²) in [7, 11) is 0. The average Bonchev–Trinajstić information content (AvgIpc) is 3.25. The number of rotatable bonds is 4. The maximum absolute atomic E-state index is 12.7. The molecule has 1 fully saturated rings. The molecule has 2 heterocycles. The third-order valence-corrected chi connectivity index (χ3v) is 6.89. The van der Waals surface area contributed by atoms with Crippen molar-refractivity contribution in [1.29, 1.82) is 0 Å². The molecule has 4 aromatic rings. The number of thiocarbonyl (C=S) groups is 1. The van der Waals surface area contributed by atoms with Gasteiger partial charge in [0.05, 0.1) is 4.91 Å². The Bertz CT molecular complexity index is 1330. The summed E-state index contributed by atoms with van der Waals surface area (Å²) in [5, 5.41) is 3.65. The Morgan fingerprint density at radius 1 is 0.967 bits per heavy atom. The molecule has 1 aliphatic rings. The first-order valence-electron chi connectivity index (χ1n) is 9.95. The molecule has 5 rings (SSSR count). The molecule has 0 atom stereocenters. The van der Waals surface area contributed by atoms with Gasteiger partial charge in [0, 0.05) is 35.8 Å². The second-order valence-electron chi connectivity index (χ2n) is 7.29. The summed E-state index contributed by atoms with van der Waals surface area (Å²) < 4.78 is 2.90. The molecule has 0 aliphatic carbocycles. The Labute approximate surface area is 185 Å². The highest BCUT2D eigenvalue weighted by Gasteiger charge is 2.30. The summed E-state index contributed by atoms with van der Waals surface area (Å²) in [6.07, 6.45) is 4.13. The Morgan fingerprint density at radius 2 is 1.70 bits per heavy atom. The number of carbonyl (C=O) groups is 1. The molecule has 0 radical (unpaired) electrons. The van der Waals surface area contributed by atoms with E-state index in [4.69, 9.17) is 12.2 Å². The van der Waals surface area contributed by atoms with Gasteiger partial charge in [0.1, 0.15) is 4.32 Å². The largest absolute Gasteiger partial charge is 0.342 e. The summed E-state index contributed by atoms with van der Waals surface area (Å²) in [6, 6.07) is 23.3. The molecule has 1 saturated heterocycles. The fourth-order valence-electron chi connectivity index (χ4n) is 4.05. The number of amides is 1. The fraction of sp³-hybridized carbons (Fsp3) is 0.120. The Hall–Kier alpha value is -2.89. The third kappa shape index (κ3) is 3.24. The minimum Gasteiger partial charge on any atom is -0.342 e. The van der Waals surface area contributed by atoms with Crippen LogP contribution in [0.1, 0.15) is 18.1 Å². The Morgan fingerprint density at radius 3 is 2.50 bits per heavy atom. The SMILES string of the molecule is CCN1C(=O)/C(=C\c2cn(Cc3cccc4ccccc34)c3ccccc23)SC1=S. The van der Waals surface area contributed by atoms with Crippen LogP contribution in [-0.2, 0) is 11.3 Å². The van der Waals surface area contributed by atoms with E-state index < -0.39 is 0 Å². The number of fused-ring (bicyclic) bond motifs is 2. The van der Waals surface area contributed by atoms with Crippen LogP contribution in [0.2, 0.25) is 0 Å². The third-order valence-electron chi connectivity index (χ3n) is 5.52. The highest BCUT2D eigenvalue weighted by molar-refractivity contribution is 8.26. The number of aromatic nitrogens is 1. The Balaban J connectivity index is 1.59. The summed E-state index contributed by atoms with van der Waals surface area (Å²) in [6.45, 7) is 3.32. The molecule has 5 heteroatoms. The average molecular weight is 429 g/mol. The highest BCUT2D eigenvalue weighted by Crippen LogP contribution is 2.34. The number of para-hydroxylation sites is 1. The maximum Gasteiger partial charge on any atom is 0.266 e. The predicted molar refractivity (Wildman–Crippen MR) is 131 cm³/mol. The summed E-state index contributed by atoms with van der Waals surface area (Å²) >= 11 is 6.75. The van der Waals surface area contributed by atoms with Crippen LogP contribution >= 0.6 is 24.0 Å². The molecule has 0 N–H and O–H groups in total. The van der Waals surface area contributed by atoms with Gasteiger partial charge in [-0.15, -0.1) is 0 Å². The van der Waals surface area contributed by atoms with E-state index in [9.17, 15) is 4.79 Å². The lowest BCUT2D eigenvalue weighted by molar-refractivity contribution is -0.121. The number of hydrogen-bond donors (Lipinski definition) is 0. The molecule has 0 spiro atoms. The van der Waals surface area contributed by atoms with Gasteiger partial charge in [-0.25, -0.2) is 0 Å². The Kier molecular flexibility index (Phi) is 4.93. The van der Waals surface area contributed by atoms with Crippen molar-refractivity contribution in [3.63, 3.8) is 0 Å². The van der Waals surface area contributed by atoms with Crippen LogP contribution in [-0.4, -0.2) is 26.2 Å². The van der Waals surface area contributed by atoms with Crippen LogP contribution < -0.4 is 0 Å². The van der Waals surface area contributed by atoms with Crippen molar-refractivity contribution in [2.24, 2.45) is 0 Å². The van der Waals surface area contributed by atoms with E-state index in [1.807, 2.05) is 19.1 Å². The van der Waals surface area contributed by atoms with Crippen molar-refractivity contribution < 1.29 is 4.79 Å². The van der Waals surface area contributed by atoms with Gasteiger partial charge < -0.3 is 4.57 Å². The predicted octanol–water partition coefficient (Wildman–Crippen LogP) is 6.06. The molecular weight excluding hydrogens is 408 g/mol. The monoisotopic (exact) mass is 428 g/mol. The zero-order valence-corrected chi connectivity index (χ0v) is 18.2. The minimum atomic E-state index is -0.00150. The summed E-state index contributed by atoms with van der Waals surface area (Å²) in [5.74, 6) is -0.00150. The van der Waals surface area contributed by atoms with Crippen molar-refractivity contribution in [2.45, 2.75) is 13.5 Å². The van der Waals surface area contributed by atoms with E-state index >= 15 is 0 Å². The van der Waals surface area contributed by atoms with E-state index in [1.54, 1.807) is 4.90 Å². The van der Waals surface area contributed by atoms with E-state index in [2.05, 4.69) is 71.4 Å². The summed E-state index contributed by atoms with van der Waals surface area (Å²) in [4.78, 5) is 15.0. The molecule has 1 aromatic heterocycles. The molecule has 30 heavy (non-hydrogen) atoms. The lowest BCUT2D eigenvalue weighted by Crippen LogP contribution is -2.27. The van der Waals surface area contributed by atoms with Gasteiger partial charge in [0.15, 0.2) is 0 Å². The lowest BCUT2D eigenvalue weighted by Gasteiger charge is -2.09. The van der Waals surface area contributed by atoms with Crippen LogP contribution in [0.4, 0.5) is 0 Å². The van der Waals surface area contributed by atoms with Gasteiger partial charge in [0.2, 0.25) is 0 Å². The molecule has 0 bridgehead atoms. The van der Waals surface area contributed by atoms with Gasteiger partial charge >= 0.3 is 0 Å². The van der Waals surface area contributed by atoms with Crippen LogP contribution in [0.5, 0.6) is 0 Å². The van der Waals surface area contributed by atoms with E-state index in [1.165, 1.54) is 28.1 Å². The van der Waals surface area contributed by atoms with Crippen molar-refractivity contribution in [3.8, 4) is 0 Å². The number of carbonyl (C=O) groups excluding carboxylic acids is 1. The number of nitrogens with zero attached hydrogens (tertiary/aromatic N) is 2. The normalized spacial score (nSPS) is 15.8. The number of thioether (sulfide) groups is 1. The molecule has 3 aromatic carbocycles. The quantitative estimate of drug-likeness (QED) is 0.292. The topological polar surface area (TPSA) is 25.2 Å². The molecular formula is C25H20N2OS2. The van der Waals surface area contributed by atoms with Crippen LogP contribution in [0, 0.1) is 0 Å². The standard InChI is InChI=1S/C25H20N2OS2/c1-2-27-24(28)23(30-25(27)29)14-19-16-26(22-13-6-5-12-21(19)22)15-18-10-7-9-17-8-3-4-11-20(17)18/h3-14,16H,2,15H2,1H3/b23-14+. The van der Waals surface area contributed by atoms with Gasteiger partial charge in [-0.3, -0.25) is 9.69 Å². The number of benzene rings is 3. The summed E-state index contributed by atoms with van der Waals surface area (Å²) in [5.41, 5.74) is 3.47. The minimum absolute atomic E-state index is 0.00150. The first-order valence-corrected chi connectivity index (χ1v) is 11.2. The van der Waals surface area contributed by atoms with E-state index in [0.717, 1.165) is 23.0 Å². The van der Waals surface area contributed by atoms with Crippen molar-refractivity contribution >= 4 is 62.0 Å². The molecule has 3 nitrogen and oxygen atoms in total. The number of likely N-dealkylation sites (N-methyl/N-ethyl adjacent to an activating group) is 1. The smallest absolute Gasteiger partial charge is 0.266 e. The number of hydrogen-bond acceptors (Lipinski definition) is 3. The maximum atomic E-state index is 12.7. The first-order chi connectivity index (χ1) is 14.7. The molecule has 0 unspecified atom stereocenters. The van der Waals surface area contributed by atoms with Crippen molar-refractivity contribution in [3.05, 3.63) is 89.0 Å². The molecule has 1 aliphatic heterocycles. The lowest BCUT2D eigenvalue weighted by atomic mass is 10.0. The van der Waals surface area contributed by atoms with Gasteiger partial charge in [-0.05, 0) is 35.4 Å².